The van der Waals surface area contributed by atoms with Crippen LogP contribution in [0.2, 0.25) is 0 Å². The molecule has 2 rings (SSSR count). The molecule has 1 fully saturated rings. The second-order valence-electron chi connectivity index (χ2n) is 5.09. The van der Waals surface area contributed by atoms with Crippen LogP contribution in [0.25, 0.3) is 0 Å². The number of carbonyl (C=O) groups is 1. The molecule has 2 N–H and O–H groups in total. The first-order chi connectivity index (χ1) is 9.49. The quantitative estimate of drug-likeness (QED) is 0.857. The summed E-state index contributed by atoms with van der Waals surface area (Å²) in [6, 6.07) is 2.60. The van der Waals surface area contributed by atoms with Crippen molar-refractivity contribution in [3.05, 3.63) is 28.0 Å². The van der Waals surface area contributed by atoms with E-state index >= 15 is 0 Å². The first kappa shape index (κ1) is 15.3. The number of hydrogen-bond acceptors (Lipinski definition) is 3. The molecule has 0 atom stereocenters. The third kappa shape index (κ3) is 3.49. The summed E-state index contributed by atoms with van der Waals surface area (Å²) >= 11 is 3.21. The smallest absolute Gasteiger partial charge is 0.254 e. The molecule has 1 aromatic rings. The molecule has 0 aromatic heterocycles. The number of nitrogens with zero attached hydrogens (tertiary/aromatic N) is 1. The van der Waals surface area contributed by atoms with Crippen molar-refractivity contribution in [2.45, 2.75) is 12.8 Å². The summed E-state index contributed by atoms with van der Waals surface area (Å²) in [4.78, 5) is 14.0. The molecular weight excluding hydrogens is 327 g/mol. The molecule has 1 heterocycles. The molecule has 0 bridgehead atoms. The average molecular weight is 345 g/mol. The van der Waals surface area contributed by atoms with Gasteiger partial charge in [-0.15, -0.1) is 0 Å². The van der Waals surface area contributed by atoms with Crippen LogP contribution in [0.4, 0.5) is 10.1 Å². The number of amides is 1. The Balaban J connectivity index is 2.08. The Morgan fingerprint density at radius 1 is 1.50 bits per heavy atom. The highest BCUT2D eigenvalue weighted by molar-refractivity contribution is 9.10. The fourth-order valence-electron chi connectivity index (χ4n) is 2.33. The van der Waals surface area contributed by atoms with Crippen molar-refractivity contribution in [2.75, 3.05) is 32.5 Å². The number of nitrogens with two attached hydrogens (primary N) is 1. The zero-order valence-corrected chi connectivity index (χ0v) is 13.0. The van der Waals surface area contributed by atoms with E-state index in [0.717, 1.165) is 26.1 Å². The van der Waals surface area contributed by atoms with Crippen molar-refractivity contribution in [3.63, 3.8) is 0 Å². The Kier molecular flexibility index (Phi) is 4.99. The van der Waals surface area contributed by atoms with Gasteiger partial charge in [0.25, 0.3) is 5.91 Å². The second-order valence-corrected chi connectivity index (χ2v) is 5.95. The average Bonchev–Trinajstić information content (AvgIpc) is 2.43. The molecule has 20 heavy (non-hydrogen) atoms. The summed E-state index contributed by atoms with van der Waals surface area (Å²) in [6.45, 7) is 2.17. The Morgan fingerprint density at radius 2 is 2.15 bits per heavy atom. The third-order valence-electron chi connectivity index (χ3n) is 3.54. The van der Waals surface area contributed by atoms with Crippen LogP contribution in [0.1, 0.15) is 23.2 Å². The lowest BCUT2D eigenvalue weighted by atomic mass is 9.99. The predicted molar refractivity (Wildman–Crippen MR) is 79.0 cm³/mol. The molecule has 1 aliphatic rings. The van der Waals surface area contributed by atoms with E-state index in [1.807, 2.05) is 0 Å². The van der Waals surface area contributed by atoms with Crippen LogP contribution in [-0.2, 0) is 4.74 Å². The standard InChI is InChI=1S/C14H18BrFN2O2/c1-18(8-9-2-4-20-5-3-9)14(19)10-6-13(17)12(16)7-11(10)15/h6-7,9H,2-5,8,17H2,1H3. The SMILES string of the molecule is CN(CC1CCOCC1)C(=O)c1cc(N)c(F)cc1Br. The van der Waals surface area contributed by atoms with Crippen LogP contribution in [0, 0.1) is 11.7 Å². The van der Waals surface area contributed by atoms with Gasteiger partial charge in [0.2, 0.25) is 0 Å². The minimum atomic E-state index is -0.527. The van der Waals surface area contributed by atoms with Gasteiger partial charge in [0, 0.05) is 31.3 Å². The molecule has 6 heteroatoms. The van der Waals surface area contributed by atoms with Gasteiger partial charge in [-0.3, -0.25) is 4.79 Å². The van der Waals surface area contributed by atoms with Gasteiger partial charge < -0.3 is 15.4 Å². The Hall–Kier alpha value is -1.14. The summed E-state index contributed by atoms with van der Waals surface area (Å²) in [7, 11) is 1.75. The van der Waals surface area contributed by atoms with E-state index in [-0.39, 0.29) is 11.6 Å². The number of benzene rings is 1. The molecule has 4 nitrogen and oxygen atoms in total. The highest BCUT2D eigenvalue weighted by Gasteiger charge is 2.21. The normalized spacial score (nSPS) is 16.1. The topological polar surface area (TPSA) is 55.6 Å². The molecule has 0 aliphatic carbocycles. The van der Waals surface area contributed by atoms with Gasteiger partial charge in [-0.1, -0.05) is 0 Å². The van der Waals surface area contributed by atoms with Crippen molar-refractivity contribution >= 4 is 27.5 Å². The summed E-state index contributed by atoms with van der Waals surface area (Å²) in [5, 5.41) is 0. The second kappa shape index (κ2) is 6.54. The van der Waals surface area contributed by atoms with Crippen LogP contribution in [0.15, 0.2) is 16.6 Å². The highest BCUT2D eigenvalue weighted by Crippen LogP contribution is 2.25. The fraction of sp³-hybridized carbons (Fsp3) is 0.500. The minimum absolute atomic E-state index is 0.0176. The van der Waals surface area contributed by atoms with E-state index in [1.54, 1.807) is 11.9 Å². The van der Waals surface area contributed by atoms with E-state index in [2.05, 4.69) is 15.9 Å². The maximum Gasteiger partial charge on any atom is 0.254 e. The summed E-state index contributed by atoms with van der Waals surface area (Å²) in [5.41, 5.74) is 5.90. The molecule has 1 aliphatic heterocycles. The molecule has 1 amide bonds. The molecule has 0 spiro atoms. The Morgan fingerprint density at radius 3 is 2.80 bits per heavy atom. The van der Waals surface area contributed by atoms with Gasteiger partial charge in [0.15, 0.2) is 0 Å². The Bertz CT molecular complexity index is 504. The molecule has 110 valence electrons. The van der Waals surface area contributed by atoms with Crippen LogP contribution >= 0.6 is 15.9 Å². The van der Waals surface area contributed by atoms with Gasteiger partial charge in [-0.25, -0.2) is 4.39 Å². The predicted octanol–water partition coefficient (Wildman–Crippen LogP) is 2.67. The molecule has 0 saturated carbocycles. The van der Waals surface area contributed by atoms with E-state index in [9.17, 15) is 9.18 Å². The van der Waals surface area contributed by atoms with Crippen molar-refractivity contribution < 1.29 is 13.9 Å². The zero-order valence-electron chi connectivity index (χ0n) is 11.4. The molecule has 0 unspecified atom stereocenters. The Labute approximate surface area is 126 Å². The number of rotatable bonds is 3. The number of nitrogen functional groups attached to an aromatic ring is 1. The van der Waals surface area contributed by atoms with E-state index in [4.69, 9.17) is 10.5 Å². The lowest BCUT2D eigenvalue weighted by Gasteiger charge is -2.27. The third-order valence-corrected chi connectivity index (χ3v) is 4.19. The first-order valence-corrected chi connectivity index (χ1v) is 7.36. The maximum atomic E-state index is 13.3. The zero-order chi connectivity index (χ0) is 14.7. The molecule has 1 saturated heterocycles. The lowest BCUT2D eigenvalue weighted by Crippen LogP contribution is -2.34. The molecule has 1 aromatic carbocycles. The summed E-state index contributed by atoms with van der Waals surface area (Å²) in [5.74, 6) is -0.232. The fourth-order valence-corrected chi connectivity index (χ4v) is 2.82. The van der Waals surface area contributed by atoms with Crippen LogP contribution < -0.4 is 5.73 Å². The number of ether oxygens (including phenoxy) is 1. The minimum Gasteiger partial charge on any atom is -0.396 e. The van der Waals surface area contributed by atoms with Crippen molar-refractivity contribution in [3.8, 4) is 0 Å². The number of carbonyl (C=O) groups excluding carboxylic acids is 1. The van der Waals surface area contributed by atoms with Gasteiger partial charge >= 0.3 is 0 Å². The van der Waals surface area contributed by atoms with Gasteiger partial charge in [-0.05, 0) is 46.8 Å². The molecular formula is C14H18BrFN2O2. The van der Waals surface area contributed by atoms with E-state index in [0.29, 0.717) is 22.5 Å². The molecule has 0 radical (unpaired) electrons. The monoisotopic (exact) mass is 344 g/mol. The summed E-state index contributed by atoms with van der Waals surface area (Å²) in [6.07, 6.45) is 1.93. The van der Waals surface area contributed by atoms with Gasteiger partial charge in [0.05, 0.1) is 11.3 Å². The van der Waals surface area contributed by atoms with Crippen LogP contribution in [0.3, 0.4) is 0 Å². The highest BCUT2D eigenvalue weighted by atomic mass is 79.9. The summed E-state index contributed by atoms with van der Waals surface area (Å²) < 4.78 is 19.0. The van der Waals surface area contributed by atoms with Crippen LogP contribution in [-0.4, -0.2) is 37.6 Å². The van der Waals surface area contributed by atoms with Crippen molar-refractivity contribution in [2.24, 2.45) is 5.92 Å². The van der Waals surface area contributed by atoms with Gasteiger partial charge in [0.1, 0.15) is 5.82 Å². The number of hydrogen-bond donors (Lipinski definition) is 1. The maximum absolute atomic E-state index is 13.3. The lowest BCUT2D eigenvalue weighted by molar-refractivity contribution is 0.0497. The first-order valence-electron chi connectivity index (χ1n) is 6.56. The van der Waals surface area contributed by atoms with E-state index < -0.39 is 5.82 Å². The number of halogens is 2. The van der Waals surface area contributed by atoms with Crippen LogP contribution in [0.5, 0.6) is 0 Å². The number of anilines is 1. The van der Waals surface area contributed by atoms with E-state index in [1.165, 1.54) is 12.1 Å². The van der Waals surface area contributed by atoms with Gasteiger partial charge in [-0.2, -0.15) is 0 Å². The largest absolute Gasteiger partial charge is 0.396 e. The van der Waals surface area contributed by atoms with Crippen molar-refractivity contribution in [1.82, 2.24) is 4.90 Å². The van der Waals surface area contributed by atoms with Crippen molar-refractivity contribution in [1.29, 1.82) is 0 Å².